The van der Waals surface area contributed by atoms with Crippen LogP contribution in [0, 0.1) is 0 Å². The number of carbonyl (C=O) groups is 1. The van der Waals surface area contributed by atoms with Gasteiger partial charge in [0.2, 0.25) is 4.34 Å². The number of anilines is 1. The summed E-state index contributed by atoms with van der Waals surface area (Å²) in [6, 6.07) is 2.19. The van der Waals surface area contributed by atoms with Gasteiger partial charge in [0.15, 0.2) is 5.76 Å². The highest BCUT2D eigenvalue weighted by molar-refractivity contribution is 7.88. The molecule has 0 aliphatic carbocycles. The molecule has 0 aliphatic rings. The molecule has 0 spiro atoms. The van der Waals surface area contributed by atoms with Gasteiger partial charge in [-0.05, 0) is 12.1 Å². The van der Waals surface area contributed by atoms with Crippen LogP contribution in [0.4, 0.5) is 9.80 Å². The number of hydrogen-bond acceptors (Lipinski definition) is 7. The van der Waals surface area contributed by atoms with Crippen molar-refractivity contribution in [1.82, 2.24) is 4.98 Å². The molecule has 2 aromatic heterocycles. The van der Waals surface area contributed by atoms with E-state index in [2.05, 4.69) is 10.3 Å². The van der Waals surface area contributed by atoms with Crippen molar-refractivity contribution in [1.29, 1.82) is 0 Å². The molecule has 2 heterocycles. The maximum atomic E-state index is 11.1. The van der Waals surface area contributed by atoms with Crippen LogP contribution in [0.25, 0.3) is 11.5 Å². The molecule has 0 saturated carbocycles. The lowest BCUT2D eigenvalue weighted by molar-refractivity contribution is 0.259. The fraction of sp³-hybridized carbons (Fsp3) is 0.111. The molecule has 0 bridgehead atoms. The third kappa shape index (κ3) is 2.96. The Balaban J connectivity index is 2.54. The highest BCUT2D eigenvalue weighted by atomic mass is 32.3. The summed E-state index contributed by atoms with van der Waals surface area (Å²) in [7, 11) is -4.50. The Morgan fingerprint density at radius 3 is 2.70 bits per heavy atom. The summed E-state index contributed by atoms with van der Waals surface area (Å²) in [6.45, 7) is 0.147. The molecule has 9 nitrogen and oxygen atoms in total. The van der Waals surface area contributed by atoms with Gasteiger partial charge in [-0.3, -0.25) is 9.87 Å². The van der Waals surface area contributed by atoms with Crippen LogP contribution >= 0.6 is 11.3 Å². The number of thiazole rings is 1. The minimum Gasteiger partial charge on any atom is -0.458 e. The van der Waals surface area contributed by atoms with E-state index in [0.717, 1.165) is 0 Å². The van der Waals surface area contributed by atoms with Gasteiger partial charge in [0.1, 0.15) is 16.5 Å². The Labute approximate surface area is 117 Å². The van der Waals surface area contributed by atoms with Crippen molar-refractivity contribution in [3.8, 4) is 11.5 Å². The zero-order valence-corrected chi connectivity index (χ0v) is 11.5. The molecule has 0 unspecified atom stereocenters. The smallest absolute Gasteiger partial charge is 0.322 e. The second-order valence-electron chi connectivity index (χ2n) is 3.59. The van der Waals surface area contributed by atoms with Gasteiger partial charge in [-0.25, -0.2) is 9.78 Å². The largest absolute Gasteiger partial charge is 0.458 e. The molecular weight excluding hydrogens is 308 g/mol. The standard InChI is InChI=1S/C9H10N4O5S2/c10-3-4-1-2-5(18-4)6-7(13-8(11)14)19-9(12-6)20(15,16)17/h1-2H,3,10H2,(H3,11,13,14)(H,15,16,17). The average Bonchev–Trinajstić information content (AvgIpc) is 2.92. The highest BCUT2D eigenvalue weighted by Crippen LogP contribution is 2.35. The number of amides is 2. The summed E-state index contributed by atoms with van der Waals surface area (Å²) in [5.74, 6) is 0.645. The van der Waals surface area contributed by atoms with E-state index >= 15 is 0 Å². The quantitative estimate of drug-likeness (QED) is 0.600. The van der Waals surface area contributed by atoms with Gasteiger partial charge in [0, 0.05) is 0 Å². The summed E-state index contributed by atoms with van der Waals surface area (Å²) < 4.78 is 35.9. The monoisotopic (exact) mass is 318 g/mol. The van der Waals surface area contributed by atoms with E-state index in [1.807, 2.05) is 0 Å². The van der Waals surface area contributed by atoms with Crippen molar-refractivity contribution in [2.24, 2.45) is 11.5 Å². The molecule has 0 fully saturated rings. The second kappa shape index (κ2) is 5.20. The van der Waals surface area contributed by atoms with E-state index in [1.165, 1.54) is 6.07 Å². The van der Waals surface area contributed by atoms with Crippen molar-refractivity contribution in [2.45, 2.75) is 10.9 Å². The summed E-state index contributed by atoms with van der Waals surface area (Å²) in [4.78, 5) is 14.6. The first-order valence-electron chi connectivity index (χ1n) is 5.15. The zero-order chi connectivity index (χ0) is 14.9. The second-order valence-corrected chi connectivity index (χ2v) is 6.19. The first kappa shape index (κ1) is 14.5. The lowest BCUT2D eigenvalue weighted by atomic mass is 10.3. The first-order valence-corrected chi connectivity index (χ1v) is 7.41. The number of furan rings is 1. The van der Waals surface area contributed by atoms with Crippen LogP contribution in [0.2, 0.25) is 0 Å². The minimum absolute atomic E-state index is 0.0427. The Hall–Kier alpha value is -1.95. The summed E-state index contributed by atoms with van der Waals surface area (Å²) in [5.41, 5.74) is 10.4. The predicted molar refractivity (Wildman–Crippen MR) is 70.7 cm³/mol. The van der Waals surface area contributed by atoms with Crippen molar-refractivity contribution in [3.63, 3.8) is 0 Å². The van der Waals surface area contributed by atoms with Gasteiger partial charge in [-0.1, -0.05) is 11.3 Å². The number of urea groups is 1. The van der Waals surface area contributed by atoms with Gasteiger partial charge in [0.25, 0.3) is 0 Å². The number of hydrogen-bond donors (Lipinski definition) is 4. The van der Waals surface area contributed by atoms with Gasteiger partial charge in [-0.2, -0.15) is 8.42 Å². The molecule has 2 rings (SSSR count). The van der Waals surface area contributed by atoms with Crippen LogP contribution in [0.5, 0.6) is 0 Å². The Bertz CT molecular complexity index is 748. The summed E-state index contributed by atoms with van der Waals surface area (Å²) in [6.07, 6.45) is 0. The van der Waals surface area contributed by atoms with Crippen molar-refractivity contribution in [2.75, 3.05) is 5.32 Å². The molecule has 0 saturated heterocycles. The van der Waals surface area contributed by atoms with E-state index in [1.54, 1.807) is 6.07 Å². The number of carbonyl (C=O) groups excluding carboxylic acids is 1. The molecule has 0 aliphatic heterocycles. The zero-order valence-electron chi connectivity index (χ0n) is 9.86. The molecule has 108 valence electrons. The van der Waals surface area contributed by atoms with Crippen LogP contribution < -0.4 is 16.8 Å². The van der Waals surface area contributed by atoms with Gasteiger partial charge < -0.3 is 15.9 Å². The SMILES string of the molecule is NCc1ccc(-c2nc(S(=O)(=O)O)sc2NC(N)=O)o1. The Morgan fingerprint density at radius 2 is 2.20 bits per heavy atom. The van der Waals surface area contributed by atoms with Crippen LogP contribution in [-0.4, -0.2) is 24.0 Å². The lowest BCUT2D eigenvalue weighted by Gasteiger charge is -1.99. The van der Waals surface area contributed by atoms with Crippen LogP contribution in [0.1, 0.15) is 5.76 Å². The fourth-order valence-corrected chi connectivity index (χ4v) is 2.97. The molecule has 2 amide bonds. The average molecular weight is 318 g/mol. The number of nitrogens with two attached hydrogens (primary N) is 2. The van der Waals surface area contributed by atoms with E-state index in [0.29, 0.717) is 17.1 Å². The van der Waals surface area contributed by atoms with E-state index in [4.69, 9.17) is 20.4 Å². The molecular formula is C9H10N4O5S2. The number of primary amides is 1. The molecule has 0 aromatic carbocycles. The van der Waals surface area contributed by atoms with Crippen LogP contribution in [0.3, 0.4) is 0 Å². The first-order chi connectivity index (χ1) is 9.31. The molecule has 0 atom stereocenters. The maximum absolute atomic E-state index is 11.1. The molecule has 11 heteroatoms. The van der Waals surface area contributed by atoms with Crippen LogP contribution in [-0.2, 0) is 16.7 Å². The third-order valence-electron chi connectivity index (χ3n) is 2.16. The summed E-state index contributed by atoms with van der Waals surface area (Å²) >= 11 is 0.554. The number of nitrogens with one attached hydrogen (secondary N) is 1. The van der Waals surface area contributed by atoms with E-state index in [-0.39, 0.29) is 23.0 Å². The molecule has 0 radical (unpaired) electrons. The van der Waals surface area contributed by atoms with Gasteiger partial charge in [0.05, 0.1) is 6.54 Å². The van der Waals surface area contributed by atoms with E-state index < -0.39 is 20.5 Å². The third-order valence-corrected chi connectivity index (χ3v) is 4.34. The molecule has 20 heavy (non-hydrogen) atoms. The normalized spacial score (nSPS) is 11.5. The predicted octanol–water partition coefficient (Wildman–Crippen LogP) is 0.599. The van der Waals surface area contributed by atoms with E-state index in [9.17, 15) is 13.2 Å². The molecule has 6 N–H and O–H groups in total. The molecule has 2 aromatic rings. The highest BCUT2D eigenvalue weighted by Gasteiger charge is 2.23. The lowest BCUT2D eigenvalue weighted by Crippen LogP contribution is -2.18. The Kier molecular flexibility index (Phi) is 3.76. The number of aromatic nitrogens is 1. The topological polar surface area (TPSA) is 162 Å². The summed E-state index contributed by atoms with van der Waals surface area (Å²) in [5, 5.41) is 2.26. The Morgan fingerprint density at radius 1 is 1.50 bits per heavy atom. The number of rotatable bonds is 4. The van der Waals surface area contributed by atoms with Crippen molar-refractivity contribution < 1.29 is 22.2 Å². The minimum atomic E-state index is -4.50. The van der Waals surface area contributed by atoms with Crippen molar-refractivity contribution >= 4 is 32.5 Å². The van der Waals surface area contributed by atoms with Crippen LogP contribution in [0.15, 0.2) is 20.9 Å². The maximum Gasteiger partial charge on any atom is 0.322 e. The van der Waals surface area contributed by atoms with Gasteiger partial charge >= 0.3 is 16.1 Å². The number of nitrogens with zero attached hydrogens (tertiary/aromatic N) is 1. The fourth-order valence-electron chi connectivity index (χ4n) is 1.39. The van der Waals surface area contributed by atoms with Crippen molar-refractivity contribution in [3.05, 3.63) is 17.9 Å². The van der Waals surface area contributed by atoms with Gasteiger partial charge in [-0.15, -0.1) is 0 Å².